The first-order chi connectivity index (χ1) is 13.6. The fourth-order valence-electron chi connectivity index (χ4n) is 1.99. The van der Waals surface area contributed by atoms with E-state index >= 15 is 0 Å². The molecule has 0 atom stereocenters. The van der Waals surface area contributed by atoms with Crippen molar-refractivity contribution >= 4 is 46.8 Å². The topological polar surface area (TPSA) is 111 Å². The average molecular weight is 418 g/mol. The summed E-state index contributed by atoms with van der Waals surface area (Å²) in [6.07, 6.45) is 4.24. The van der Waals surface area contributed by atoms with Crippen molar-refractivity contribution in [3.8, 4) is 0 Å². The Balaban J connectivity index is 0.000000516. The van der Waals surface area contributed by atoms with Gasteiger partial charge in [0.15, 0.2) is 0 Å². The van der Waals surface area contributed by atoms with Gasteiger partial charge in [0.2, 0.25) is 11.8 Å². The van der Waals surface area contributed by atoms with Crippen molar-refractivity contribution in [1.82, 2.24) is 5.43 Å². The Morgan fingerprint density at radius 1 is 1.10 bits per heavy atom. The van der Waals surface area contributed by atoms with Crippen LogP contribution >= 0.6 is 11.3 Å². The number of hydrazine groups is 1. The summed E-state index contributed by atoms with van der Waals surface area (Å²) in [7, 11) is 0. The predicted molar refractivity (Wildman–Crippen MR) is 117 cm³/mol. The molecule has 2 amide bonds. The molecule has 0 unspecified atom stereocenters. The molecule has 4 N–H and O–H groups in total. The zero-order chi connectivity index (χ0) is 21.9. The summed E-state index contributed by atoms with van der Waals surface area (Å²) >= 11 is 1.51. The number of carbonyl (C=O) groups excluding carboxylic acids is 3. The number of amides is 2. The van der Waals surface area contributed by atoms with Crippen LogP contribution in [0.4, 0.5) is 5.00 Å². The fraction of sp³-hybridized carbons (Fsp3) is 0.286. The summed E-state index contributed by atoms with van der Waals surface area (Å²) in [6.45, 7) is 7.41. The van der Waals surface area contributed by atoms with Gasteiger partial charge in [-0.3, -0.25) is 19.8 Å². The SMILES string of the molecule is CC(=O)Nc1ccc(C=Cc2ccc(CC(=O)NN)cc2)s1.CC(C)(C)OC=O. The minimum atomic E-state index is -0.318. The molecular formula is C21H27N3O4S. The van der Waals surface area contributed by atoms with E-state index < -0.39 is 0 Å². The van der Waals surface area contributed by atoms with Crippen LogP contribution in [0.25, 0.3) is 12.2 Å². The Labute approximate surface area is 174 Å². The van der Waals surface area contributed by atoms with Crippen molar-refractivity contribution < 1.29 is 19.1 Å². The van der Waals surface area contributed by atoms with Gasteiger partial charge in [-0.1, -0.05) is 30.3 Å². The van der Waals surface area contributed by atoms with Gasteiger partial charge in [-0.05, 0) is 50.1 Å². The van der Waals surface area contributed by atoms with Gasteiger partial charge in [0, 0.05) is 11.8 Å². The van der Waals surface area contributed by atoms with Crippen molar-refractivity contribution in [2.75, 3.05) is 5.32 Å². The molecule has 1 aromatic carbocycles. The van der Waals surface area contributed by atoms with Crippen molar-refractivity contribution in [3.05, 3.63) is 52.4 Å². The fourth-order valence-corrected chi connectivity index (χ4v) is 2.85. The summed E-state index contributed by atoms with van der Waals surface area (Å²) in [5.41, 5.74) is 3.73. The van der Waals surface area contributed by atoms with Gasteiger partial charge >= 0.3 is 0 Å². The minimum absolute atomic E-state index is 0.0746. The van der Waals surface area contributed by atoms with Gasteiger partial charge in [0.25, 0.3) is 6.47 Å². The summed E-state index contributed by atoms with van der Waals surface area (Å²) < 4.78 is 4.55. The maximum Gasteiger partial charge on any atom is 0.293 e. The van der Waals surface area contributed by atoms with Crippen molar-refractivity contribution in [1.29, 1.82) is 0 Å². The van der Waals surface area contributed by atoms with E-state index in [1.165, 1.54) is 18.3 Å². The van der Waals surface area contributed by atoms with Crippen LogP contribution in [0.3, 0.4) is 0 Å². The van der Waals surface area contributed by atoms with E-state index in [1.807, 2.05) is 69.3 Å². The number of rotatable bonds is 6. The Hall–Kier alpha value is -2.97. The molecule has 0 aliphatic carbocycles. The van der Waals surface area contributed by atoms with Crippen LogP contribution in [0.15, 0.2) is 36.4 Å². The second kappa shape index (κ2) is 11.8. The predicted octanol–water partition coefficient (Wildman–Crippen LogP) is 3.37. The quantitative estimate of drug-likeness (QED) is 0.289. The third-order valence-corrected chi connectivity index (χ3v) is 4.24. The molecule has 2 rings (SSSR count). The lowest BCUT2D eigenvalue weighted by molar-refractivity contribution is -0.138. The highest BCUT2D eigenvalue weighted by Crippen LogP contribution is 2.23. The summed E-state index contributed by atoms with van der Waals surface area (Å²) in [5.74, 6) is 4.77. The molecular weight excluding hydrogens is 390 g/mol. The van der Waals surface area contributed by atoms with Crippen LogP contribution in [-0.4, -0.2) is 23.9 Å². The molecule has 29 heavy (non-hydrogen) atoms. The molecule has 0 aliphatic heterocycles. The second-order valence-electron chi connectivity index (χ2n) is 7.03. The van der Waals surface area contributed by atoms with Gasteiger partial charge < -0.3 is 10.1 Å². The highest BCUT2D eigenvalue weighted by atomic mass is 32.1. The third kappa shape index (κ3) is 10.8. The standard InChI is InChI=1S/C16H17N3O2S.C5H10O2/c1-11(20)18-16-9-8-14(22-16)7-6-12-2-4-13(5-3-12)10-15(21)19-17;1-5(2,3)7-4-6/h2-9H,10,17H2,1H3,(H,18,20)(H,19,21);4H,1-3H3. The van der Waals surface area contributed by atoms with Crippen LogP contribution in [0.1, 0.15) is 43.7 Å². The van der Waals surface area contributed by atoms with E-state index in [9.17, 15) is 14.4 Å². The molecule has 0 aliphatic rings. The monoisotopic (exact) mass is 417 g/mol. The molecule has 0 bridgehead atoms. The zero-order valence-electron chi connectivity index (χ0n) is 17.0. The molecule has 2 aromatic rings. The van der Waals surface area contributed by atoms with Crippen LogP contribution in [0.5, 0.6) is 0 Å². The number of hydrogen-bond acceptors (Lipinski definition) is 6. The second-order valence-corrected chi connectivity index (χ2v) is 8.14. The van der Waals surface area contributed by atoms with Gasteiger partial charge in [-0.15, -0.1) is 11.3 Å². The number of benzene rings is 1. The largest absolute Gasteiger partial charge is 0.462 e. The van der Waals surface area contributed by atoms with Gasteiger partial charge in [-0.25, -0.2) is 5.84 Å². The van der Waals surface area contributed by atoms with E-state index in [4.69, 9.17) is 5.84 Å². The first kappa shape index (κ1) is 24.1. The van der Waals surface area contributed by atoms with Crippen LogP contribution in [0, 0.1) is 0 Å². The molecule has 0 saturated carbocycles. The molecule has 7 nitrogen and oxygen atoms in total. The lowest BCUT2D eigenvalue weighted by Gasteiger charge is -2.14. The average Bonchev–Trinajstić information content (AvgIpc) is 3.07. The highest BCUT2D eigenvalue weighted by molar-refractivity contribution is 7.17. The van der Waals surface area contributed by atoms with E-state index in [0.717, 1.165) is 21.0 Å². The first-order valence-corrected chi connectivity index (χ1v) is 9.70. The van der Waals surface area contributed by atoms with E-state index in [2.05, 4.69) is 15.5 Å². The maximum absolute atomic E-state index is 11.2. The maximum atomic E-state index is 11.2. The van der Waals surface area contributed by atoms with Gasteiger partial charge in [-0.2, -0.15) is 0 Å². The number of nitrogens with two attached hydrogens (primary N) is 1. The number of carbonyl (C=O) groups is 3. The first-order valence-electron chi connectivity index (χ1n) is 8.88. The van der Waals surface area contributed by atoms with Crippen molar-refractivity contribution in [2.24, 2.45) is 5.84 Å². The molecule has 1 heterocycles. The molecule has 0 spiro atoms. The summed E-state index contributed by atoms with van der Waals surface area (Å²) in [5, 5.41) is 3.58. The third-order valence-electron chi connectivity index (χ3n) is 3.27. The molecule has 0 fully saturated rings. The number of hydrogen-bond donors (Lipinski definition) is 3. The summed E-state index contributed by atoms with van der Waals surface area (Å²) in [6, 6.07) is 11.5. The normalized spacial score (nSPS) is 10.7. The number of nitrogens with one attached hydrogen (secondary N) is 2. The van der Waals surface area contributed by atoms with E-state index in [0.29, 0.717) is 6.47 Å². The Morgan fingerprint density at radius 3 is 2.24 bits per heavy atom. The molecule has 0 saturated heterocycles. The molecule has 156 valence electrons. The van der Waals surface area contributed by atoms with Crippen LogP contribution in [-0.2, 0) is 25.5 Å². The highest BCUT2D eigenvalue weighted by Gasteiger charge is 2.07. The Kier molecular flexibility index (Phi) is 9.78. The zero-order valence-corrected chi connectivity index (χ0v) is 17.8. The Bertz CT molecular complexity index is 836. The van der Waals surface area contributed by atoms with Gasteiger partial charge in [0.1, 0.15) is 5.60 Å². The van der Waals surface area contributed by atoms with Crippen molar-refractivity contribution in [2.45, 2.75) is 39.7 Å². The van der Waals surface area contributed by atoms with E-state index in [-0.39, 0.29) is 23.8 Å². The van der Waals surface area contributed by atoms with Crippen LogP contribution in [0.2, 0.25) is 0 Å². The smallest absolute Gasteiger partial charge is 0.293 e. The molecule has 1 aromatic heterocycles. The summed E-state index contributed by atoms with van der Waals surface area (Å²) in [4.78, 5) is 32.8. The number of ether oxygens (including phenoxy) is 1. The van der Waals surface area contributed by atoms with Crippen LogP contribution < -0.4 is 16.6 Å². The molecule has 8 heteroatoms. The minimum Gasteiger partial charge on any atom is -0.462 e. The van der Waals surface area contributed by atoms with Gasteiger partial charge in [0.05, 0.1) is 11.4 Å². The Morgan fingerprint density at radius 2 is 1.76 bits per heavy atom. The van der Waals surface area contributed by atoms with Crippen molar-refractivity contribution in [3.63, 3.8) is 0 Å². The lowest BCUT2D eigenvalue weighted by atomic mass is 10.1. The number of thiophene rings is 1. The number of anilines is 1. The lowest BCUT2D eigenvalue weighted by Crippen LogP contribution is -2.31. The molecule has 0 radical (unpaired) electrons. The van der Waals surface area contributed by atoms with E-state index in [1.54, 1.807) is 0 Å².